The van der Waals surface area contributed by atoms with Gasteiger partial charge >= 0.3 is 0 Å². The fourth-order valence-electron chi connectivity index (χ4n) is 4.90. The second-order valence-corrected chi connectivity index (χ2v) is 10.7. The zero-order valence-electron chi connectivity index (χ0n) is 19.2. The molecule has 1 unspecified atom stereocenters. The Labute approximate surface area is 203 Å². The Balaban J connectivity index is 1.34. The van der Waals surface area contributed by atoms with Crippen LogP contribution in [0.15, 0.2) is 29.3 Å². The summed E-state index contributed by atoms with van der Waals surface area (Å²) in [7, 11) is 0. The van der Waals surface area contributed by atoms with Crippen LogP contribution in [0.2, 0.25) is 5.02 Å². The van der Waals surface area contributed by atoms with Crippen LogP contribution in [0, 0.1) is 0 Å². The fourth-order valence-corrected chi connectivity index (χ4v) is 6.35. The Bertz CT molecular complexity index is 1210. The predicted molar refractivity (Wildman–Crippen MR) is 133 cm³/mol. The molecule has 0 radical (unpaired) electrons. The molecule has 8 heteroatoms. The minimum atomic E-state index is 0.0900. The normalized spacial score (nSPS) is 18.7. The summed E-state index contributed by atoms with van der Waals surface area (Å²) >= 11 is 7.93. The Morgan fingerprint density at radius 3 is 3.09 bits per heavy atom. The molecule has 176 valence electrons. The Kier molecular flexibility index (Phi) is 6.74. The molecule has 1 aromatic carbocycles. The van der Waals surface area contributed by atoms with Gasteiger partial charge in [-0.05, 0) is 63.3 Å². The Hall–Kier alpha value is -1.93. The lowest BCUT2D eigenvalue weighted by Crippen LogP contribution is -2.40. The summed E-state index contributed by atoms with van der Waals surface area (Å²) in [6.07, 6.45) is 5.62. The largest absolute Gasteiger partial charge is 0.492 e. The van der Waals surface area contributed by atoms with Crippen LogP contribution in [0.4, 0.5) is 0 Å². The van der Waals surface area contributed by atoms with E-state index in [-0.39, 0.29) is 11.7 Å². The topological polar surface area (TPSA) is 56.6 Å². The van der Waals surface area contributed by atoms with Gasteiger partial charge in [0, 0.05) is 47.7 Å². The summed E-state index contributed by atoms with van der Waals surface area (Å²) in [4.78, 5) is 22.6. The predicted octanol–water partition coefficient (Wildman–Crippen LogP) is 4.68. The number of halogens is 1. The summed E-state index contributed by atoms with van der Waals surface area (Å²) < 4.78 is 13.3. The van der Waals surface area contributed by atoms with Gasteiger partial charge < -0.3 is 9.47 Å². The molecule has 0 amide bonds. The van der Waals surface area contributed by atoms with Crippen molar-refractivity contribution in [1.29, 1.82) is 0 Å². The highest BCUT2D eigenvalue weighted by Crippen LogP contribution is 2.36. The van der Waals surface area contributed by atoms with Crippen LogP contribution in [0.3, 0.4) is 0 Å². The molecule has 0 saturated carbocycles. The Morgan fingerprint density at radius 2 is 2.24 bits per heavy atom. The fraction of sp³-hybridized carbons (Fsp3) is 0.520. The molecule has 2 aliphatic rings. The number of hydrogen-bond donors (Lipinski definition) is 0. The highest BCUT2D eigenvalue weighted by atomic mass is 35.5. The molecule has 0 bridgehead atoms. The van der Waals surface area contributed by atoms with E-state index in [1.165, 1.54) is 10.4 Å². The number of benzene rings is 1. The maximum absolute atomic E-state index is 13.2. The van der Waals surface area contributed by atoms with Gasteiger partial charge in [0.15, 0.2) is 0 Å². The standard InChI is InChI=1S/C25H30ClN3O3S/c1-16(2)31-10-3-8-29-15-27-24-23(25(29)30)20-6-5-19(13-22(20)33-24)28-9-11-32-21-7-4-18(26)12-17(21)14-28/h4,7,12,15-16,19H,3,5-6,8-11,13-14H2,1-2H3. The van der Waals surface area contributed by atoms with Crippen molar-refractivity contribution >= 4 is 33.2 Å². The van der Waals surface area contributed by atoms with Crippen molar-refractivity contribution in [1.82, 2.24) is 14.5 Å². The van der Waals surface area contributed by atoms with Crippen LogP contribution in [0.5, 0.6) is 5.75 Å². The van der Waals surface area contributed by atoms with Crippen molar-refractivity contribution < 1.29 is 9.47 Å². The first-order valence-electron chi connectivity index (χ1n) is 11.8. The number of thiophene rings is 1. The number of ether oxygens (including phenoxy) is 2. The van der Waals surface area contributed by atoms with Gasteiger partial charge in [-0.2, -0.15) is 0 Å². The van der Waals surface area contributed by atoms with E-state index < -0.39 is 0 Å². The Morgan fingerprint density at radius 1 is 1.36 bits per heavy atom. The quantitative estimate of drug-likeness (QED) is 0.472. The molecule has 6 nitrogen and oxygen atoms in total. The summed E-state index contributed by atoms with van der Waals surface area (Å²) in [5.41, 5.74) is 2.45. The third-order valence-electron chi connectivity index (χ3n) is 6.55. The maximum Gasteiger partial charge on any atom is 0.262 e. The van der Waals surface area contributed by atoms with Gasteiger partial charge in [-0.3, -0.25) is 14.3 Å². The summed E-state index contributed by atoms with van der Waals surface area (Å²) in [5.74, 6) is 0.934. The number of fused-ring (bicyclic) bond motifs is 4. The van der Waals surface area contributed by atoms with Crippen molar-refractivity contribution in [2.24, 2.45) is 0 Å². The van der Waals surface area contributed by atoms with E-state index in [4.69, 9.17) is 21.1 Å². The lowest BCUT2D eigenvalue weighted by molar-refractivity contribution is 0.0747. The van der Waals surface area contributed by atoms with Gasteiger partial charge in [0.1, 0.15) is 17.2 Å². The molecular weight excluding hydrogens is 458 g/mol. The molecular formula is C25H30ClN3O3S. The minimum Gasteiger partial charge on any atom is -0.492 e. The van der Waals surface area contributed by atoms with E-state index in [2.05, 4.69) is 9.88 Å². The van der Waals surface area contributed by atoms with Gasteiger partial charge in [0.25, 0.3) is 5.56 Å². The molecule has 3 aromatic rings. The molecule has 1 aliphatic carbocycles. The summed E-state index contributed by atoms with van der Waals surface area (Å²) in [6, 6.07) is 6.30. The molecule has 3 heterocycles. The SMILES string of the molecule is CC(C)OCCCn1cnc2sc3c(c2c1=O)CCC(N1CCOc2ccc(Cl)cc2C1)C3. The molecule has 1 aliphatic heterocycles. The smallest absolute Gasteiger partial charge is 0.262 e. The molecule has 0 fully saturated rings. The van der Waals surface area contributed by atoms with E-state index in [1.54, 1.807) is 22.2 Å². The zero-order valence-corrected chi connectivity index (χ0v) is 20.8. The van der Waals surface area contributed by atoms with E-state index >= 15 is 0 Å². The monoisotopic (exact) mass is 487 g/mol. The van der Waals surface area contributed by atoms with Crippen LogP contribution in [-0.2, 0) is 30.7 Å². The molecule has 0 N–H and O–H groups in total. The first kappa shape index (κ1) is 22.8. The van der Waals surface area contributed by atoms with E-state index in [0.29, 0.717) is 25.8 Å². The third kappa shape index (κ3) is 4.83. The summed E-state index contributed by atoms with van der Waals surface area (Å²) in [5, 5.41) is 1.57. The summed E-state index contributed by atoms with van der Waals surface area (Å²) in [6.45, 7) is 7.74. The van der Waals surface area contributed by atoms with Crippen molar-refractivity contribution in [3.8, 4) is 5.75 Å². The van der Waals surface area contributed by atoms with Crippen LogP contribution in [0.25, 0.3) is 10.2 Å². The molecule has 2 aromatic heterocycles. The van der Waals surface area contributed by atoms with Crippen molar-refractivity contribution in [3.63, 3.8) is 0 Å². The van der Waals surface area contributed by atoms with Crippen LogP contribution in [0.1, 0.15) is 42.7 Å². The zero-order chi connectivity index (χ0) is 22.9. The number of nitrogens with zero attached hydrogens (tertiary/aromatic N) is 3. The second-order valence-electron chi connectivity index (χ2n) is 9.17. The van der Waals surface area contributed by atoms with Crippen molar-refractivity contribution in [2.75, 3.05) is 19.8 Å². The average molecular weight is 488 g/mol. The van der Waals surface area contributed by atoms with Gasteiger partial charge in [-0.25, -0.2) is 4.98 Å². The highest BCUT2D eigenvalue weighted by molar-refractivity contribution is 7.18. The first-order chi connectivity index (χ1) is 16.0. The number of hydrogen-bond acceptors (Lipinski definition) is 6. The lowest BCUT2D eigenvalue weighted by Gasteiger charge is -2.33. The second kappa shape index (κ2) is 9.74. The van der Waals surface area contributed by atoms with Crippen LogP contribution in [-0.4, -0.2) is 46.4 Å². The molecule has 5 rings (SSSR count). The van der Waals surface area contributed by atoms with Gasteiger partial charge in [-0.1, -0.05) is 11.6 Å². The molecule has 0 saturated heterocycles. The van der Waals surface area contributed by atoms with Crippen molar-refractivity contribution in [3.05, 3.63) is 55.9 Å². The lowest BCUT2D eigenvalue weighted by atomic mass is 9.91. The third-order valence-corrected chi connectivity index (χ3v) is 7.95. The molecule has 1 atom stereocenters. The maximum atomic E-state index is 13.2. The van der Waals surface area contributed by atoms with Gasteiger partial charge in [-0.15, -0.1) is 11.3 Å². The van der Waals surface area contributed by atoms with E-state index in [1.807, 2.05) is 32.0 Å². The van der Waals surface area contributed by atoms with Crippen LogP contribution < -0.4 is 10.3 Å². The first-order valence-corrected chi connectivity index (χ1v) is 13.0. The van der Waals surface area contributed by atoms with Gasteiger partial charge in [0.05, 0.1) is 17.8 Å². The number of rotatable bonds is 6. The number of aromatic nitrogens is 2. The van der Waals surface area contributed by atoms with E-state index in [9.17, 15) is 4.79 Å². The highest BCUT2D eigenvalue weighted by Gasteiger charge is 2.30. The van der Waals surface area contributed by atoms with Crippen LogP contribution >= 0.6 is 22.9 Å². The molecule has 33 heavy (non-hydrogen) atoms. The van der Waals surface area contributed by atoms with Crippen molar-refractivity contribution in [2.45, 2.75) is 64.8 Å². The molecule has 0 spiro atoms. The van der Waals surface area contributed by atoms with E-state index in [0.717, 1.165) is 65.3 Å². The van der Waals surface area contributed by atoms with Gasteiger partial charge in [0.2, 0.25) is 0 Å². The number of aryl methyl sites for hydroxylation is 2. The average Bonchev–Trinajstić information content (AvgIpc) is 3.03. The minimum absolute atomic E-state index is 0.0900.